The molecule has 314 valence electrons. The molecule has 0 spiro atoms. The number of fused-ring (bicyclic) bond motifs is 1. The quantitative estimate of drug-likeness (QED) is 0.191. The number of ether oxygens (including phenoxy) is 4. The summed E-state index contributed by atoms with van der Waals surface area (Å²) < 4.78 is 22.6. The number of rotatable bonds is 3. The van der Waals surface area contributed by atoms with Gasteiger partial charge in [0.1, 0.15) is 36.2 Å². The number of benzene rings is 5. The Balaban J connectivity index is 0.000000112. The number of aryl methyl sites for hydroxylation is 1. The fraction of sp³-hybridized carbons (Fsp3) is 0.404. The Kier molecular flexibility index (Phi) is 12.6. The predicted molar refractivity (Wildman–Crippen MR) is 249 cm³/mol. The molecule has 60 heavy (non-hydrogen) atoms. The topological polar surface area (TPSA) is 65.1 Å². The average molecular weight is 827 g/mol. The number of anilines is 2. The van der Waals surface area contributed by atoms with Crippen LogP contribution in [-0.4, -0.2) is 51.0 Å². The maximum absolute atomic E-state index is 6.07. The average Bonchev–Trinajstić information content (AvgIpc) is 3.26. The lowest BCUT2D eigenvalue weighted by atomic mass is 9.89. The van der Waals surface area contributed by atoms with Crippen molar-refractivity contribution in [2.24, 2.45) is 0 Å². The van der Waals surface area contributed by atoms with E-state index in [4.69, 9.17) is 30.5 Å². The molecule has 8 heteroatoms. The zero-order chi connectivity index (χ0) is 41.9. The maximum atomic E-state index is 6.07. The third-order valence-corrected chi connectivity index (χ3v) is 12.7. The van der Waals surface area contributed by atoms with Gasteiger partial charge in [-0.05, 0) is 112 Å². The molecule has 5 aliphatic heterocycles. The number of nitrogens with zero attached hydrogens (tertiary/aromatic N) is 2. The molecule has 0 fully saturated rings. The van der Waals surface area contributed by atoms with Gasteiger partial charge >= 0.3 is 0 Å². The SMILES string of the molecule is CC(C)c1ccc2c3c(cccc13)CCO2.CC(C)c1ccc2c3c(ccnc13)CCO2.CC(C)c1ccc2c3c1CCCN3CCO2.Cc1ccc2c(c1Cl)NCCO2. The monoisotopic (exact) mass is 825 g/mol. The minimum absolute atomic E-state index is 0.499. The first-order valence-corrected chi connectivity index (χ1v) is 22.4. The van der Waals surface area contributed by atoms with Crippen LogP contribution in [0.1, 0.15) is 105 Å². The molecule has 0 saturated carbocycles. The van der Waals surface area contributed by atoms with E-state index in [0.29, 0.717) is 24.4 Å². The molecule has 0 bridgehead atoms. The molecule has 1 aromatic heterocycles. The highest BCUT2D eigenvalue weighted by Gasteiger charge is 2.27. The molecule has 0 radical (unpaired) electrons. The molecule has 0 aliphatic carbocycles. The Morgan fingerprint density at radius 1 is 0.617 bits per heavy atom. The molecular formula is C52H60ClN3O4. The second kappa shape index (κ2) is 18.2. The molecule has 0 unspecified atom stereocenters. The van der Waals surface area contributed by atoms with Gasteiger partial charge < -0.3 is 29.2 Å². The summed E-state index contributed by atoms with van der Waals surface area (Å²) in [5.41, 5.74) is 13.1. The van der Waals surface area contributed by atoms with E-state index in [9.17, 15) is 0 Å². The fourth-order valence-corrected chi connectivity index (χ4v) is 9.41. The summed E-state index contributed by atoms with van der Waals surface area (Å²) in [6.07, 6.45) is 6.45. The summed E-state index contributed by atoms with van der Waals surface area (Å²) in [4.78, 5) is 7.03. The van der Waals surface area contributed by atoms with E-state index in [1.54, 1.807) is 5.56 Å². The summed E-state index contributed by atoms with van der Waals surface area (Å²) in [5.74, 6) is 5.68. The predicted octanol–water partition coefficient (Wildman–Crippen LogP) is 12.6. The minimum atomic E-state index is 0.499. The molecular weight excluding hydrogens is 766 g/mol. The summed E-state index contributed by atoms with van der Waals surface area (Å²) in [6, 6.07) is 25.6. The first-order valence-electron chi connectivity index (χ1n) is 22.0. The van der Waals surface area contributed by atoms with Crippen molar-refractivity contribution in [3.8, 4) is 23.0 Å². The van der Waals surface area contributed by atoms with Gasteiger partial charge in [-0.1, -0.05) is 95.6 Å². The molecule has 0 amide bonds. The Morgan fingerprint density at radius 3 is 2.00 bits per heavy atom. The van der Waals surface area contributed by atoms with Crippen molar-refractivity contribution in [3.63, 3.8) is 0 Å². The second-order valence-corrected chi connectivity index (χ2v) is 17.6. The summed E-state index contributed by atoms with van der Waals surface area (Å²) in [6.45, 7) is 21.7. The van der Waals surface area contributed by atoms with Crippen molar-refractivity contribution in [3.05, 3.63) is 123 Å². The van der Waals surface area contributed by atoms with Gasteiger partial charge in [0.15, 0.2) is 0 Å². The number of aromatic nitrogens is 1. The number of pyridine rings is 1. The third-order valence-electron chi connectivity index (χ3n) is 12.2. The minimum Gasteiger partial charge on any atom is -0.493 e. The van der Waals surface area contributed by atoms with E-state index in [2.05, 4.69) is 117 Å². The molecule has 7 nitrogen and oxygen atoms in total. The van der Waals surface area contributed by atoms with Crippen molar-refractivity contribution in [1.29, 1.82) is 0 Å². The Bertz CT molecular complexity index is 2370. The Morgan fingerprint density at radius 2 is 1.25 bits per heavy atom. The standard InChI is InChI=1S/C15H16O.C14H15NO.C14H19NO.C9H10ClNO/c1-10(2)12-6-7-14-15-11(8-9-16-14)4-3-5-13(12)15;1-9(2)11-3-4-12-13-10(6-8-16-12)5-7-15-14(11)13;1-10(2)11-5-6-13-14-12(11)4-3-7-15(14)8-9-16-13;1-6-2-3-7-9(8(6)10)11-4-5-12-7/h3-7,10H,8-9H2,1-2H3;3-5,7,9H,6,8H2,1-2H3;5-6,10H,3-4,7-9H2,1-2H3;2-3,11H,4-5H2,1H3. The van der Waals surface area contributed by atoms with Crippen molar-refractivity contribution in [2.75, 3.05) is 56.3 Å². The van der Waals surface area contributed by atoms with Crippen molar-refractivity contribution < 1.29 is 18.9 Å². The van der Waals surface area contributed by atoms with Gasteiger partial charge in [0.2, 0.25) is 0 Å². The van der Waals surface area contributed by atoms with Gasteiger partial charge in [-0.15, -0.1) is 0 Å². The van der Waals surface area contributed by atoms with Crippen LogP contribution >= 0.6 is 11.6 Å². The number of hydrogen-bond donors (Lipinski definition) is 1. The van der Waals surface area contributed by atoms with Gasteiger partial charge in [-0.25, -0.2) is 0 Å². The molecule has 0 saturated heterocycles. The fourth-order valence-electron chi connectivity index (χ4n) is 9.19. The molecule has 11 rings (SSSR count). The highest BCUT2D eigenvalue weighted by atomic mass is 35.5. The summed E-state index contributed by atoms with van der Waals surface area (Å²) in [5, 5.41) is 7.91. The lowest BCUT2D eigenvalue weighted by Crippen LogP contribution is -2.37. The van der Waals surface area contributed by atoms with E-state index in [1.165, 1.54) is 69.0 Å². The van der Waals surface area contributed by atoms with Crippen molar-refractivity contribution >= 4 is 44.7 Å². The van der Waals surface area contributed by atoms with E-state index in [-0.39, 0.29) is 0 Å². The Hall–Kier alpha value is -5.14. The molecule has 5 aromatic carbocycles. The van der Waals surface area contributed by atoms with Crippen LogP contribution in [0.25, 0.3) is 21.7 Å². The van der Waals surface area contributed by atoms with E-state index < -0.39 is 0 Å². The number of hydrogen-bond acceptors (Lipinski definition) is 7. The van der Waals surface area contributed by atoms with Crippen LogP contribution in [0, 0.1) is 6.92 Å². The maximum Gasteiger partial charge on any atom is 0.144 e. The Labute approximate surface area is 361 Å². The first-order chi connectivity index (χ1) is 29.1. The highest BCUT2D eigenvalue weighted by molar-refractivity contribution is 6.34. The van der Waals surface area contributed by atoms with Gasteiger partial charge in [-0.3, -0.25) is 4.98 Å². The lowest BCUT2D eigenvalue weighted by molar-refractivity contribution is 0.304. The first kappa shape index (κ1) is 41.6. The van der Waals surface area contributed by atoms with Crippen LogP contribution in [0.15, 0.2) is 79.0 Å². The van der Waals surface area contributed by atoms with Crippen LogP contribution in [0.3, 0.4) is 0 Å². The van der Waals surface area contributed by atoms with Gasteiger partial charge in [0, 0.05) is 42.9 Å². The molecule has 1 N–H and O–H groups in total. The molecule has 6 aromatic rings. The summed E-state index contributed by atoms with van der Waals surface area (Å²) >= 11 is 6.07. The van der Waals surface area contributed by atoms with Crippen molar-refractivity contribution in [1.82, 2.24) is 4.98 Å². The summed E-state index contributed by atoms with van der Waals surface area (Å²) in [7, 11) is 0. The molecule has 0 atom stereocenters. The van der Waals surface area contributed by atoms with E-state index >= 15 is 0 Å². The molecule has 6 heterocycles. The van der Waals surface area contributed by atoms with Crippen molar-refractivity contribution in [2.45, 2.75) is 91.9 Å². The van der Waals surface area contributed by atoms with Crippen LogP contribution < -0.4 is 29.2 Å². The smallest absolute Gasteiger partial charge is 0.144 e. The van der Waals surface area contributed by atoms with Crippen LogP contribution in [0.2, 0.25) is 5.02 Å². The normalized spacial score (nSPS) is 15.3. The molecule has 5 aliphatic rings. The number of nitrogens with one attached hydrogen (secondary N) is 1. The zero-order valence-electron chi connectivity index (χ0n) is 36.4. The largest absolute Gasteiger partial charge is 0.493 e. The highest BCUT2D eigenvalue weighted by Crippen LogP contribution is 2.43. The van der Waals surface area contributed by atoms with Crippen LogP contribution in [0.4, 0.5) is 11.4 Å². The second-order valence-electron chi connectivity index (χ2n) is 17.3. The van der Waals surface area contributed by atoms with Gasteiger partial charge in [-0.2, -0.15) is 0 Å². The van der Waals surface area contributed by atoms with Crippen LogP contribution in [0.5, 0.6) is 23.0 Å². The third kappa shape index (κ3) is 8.43. The van der Waals surface area contributed by atoms with E-state index in [0.717, 1.165) is 90.5 Å². The zero-order valence-corrected chi connectivity index (χ0v) is 37.2. The number of halogens is 1. The van der Waals surface area contributed by atoms with E-state index in [1.807, 2.05) is 25.3 Å². The van der Waals surface area contributed by atoms with Gasteiger partial charge in [0.25, 0.3) is 0 Å². The van der Waals surface area contributed by atoms with Crippen LogP contribution in [-0.2, 0) is 19.3 Å². The van der Waals surface area contributed by atoms with Gasteiger partial charge in [0.05, 0.1) is 41.7 Å². The lowest BCUT2D eigenvalue weighted by Gasteiger charge is -2.37.